The molecule has 17 heavy (non-hydrogen) atoms. The van der Waals surface area contributed by atoms with Gasteiger partial charge in [-0.3, -0.25) is 4.79 Å². The van der Waals surface area contributed by atoms with E-state index in [4.69, 9.17) is 23.1 Å². The Bertz CT molecular complexity index is 431. The summed E-state index contributed by atoms with van der Waals surface area (Å²) in [4.78, 5) is 21.0. The highest BCUT2D eigenvalue weighted by molar-refractivity contribution is 6.32. The standard InChI is InChI=1S/C10H14ClN5O/c11-8-7(12)10(15-5-14-8)16-3-1-6(2-4-16)9(13)17/h5-6H,1-4,12H2,(H2,13,17). The molecule has 1 aromatic heterocycles. The number of rotatable bonds is 2. The second kappa shape index (κ2) is 4.75. The van der Waals surface area contributed by atoms with Crippen LogP contribution in [0.15, 0.2) is 6.33 Å². The third-order valence-electron chi connectivity index (χ3n) is 3.01. The molecule has 0 bridgehead atoms. The number of nitrogens with two attached hydrogens (primary N) is 2. The summed E-state index contributed by atoms with van der Waals surface area (Å²) in [5.74, 6) is 0.344. The van der Waals surface area contributed by atoms with E-state index in [0.29, 0.717) is 24.6 Å². The van der Waals surface area contributed by atoms with Gasteiger partial charge in [-0.2, -0.15) is 0 Å². The third kappa shape index (κ3) is 2.41. The number of primary amides is 1. The number of nitrogen functional groups attached to an aromatic ring is 1. The van der Waals surface area contributed by atoms with Crippen molar-refractivity contribution in [3.05, 3.63) is 11.5 Å². The molecular formula is C10H14ClN5O. The molecular weight excluding hydrogens is 242 g/mol. The van der Waals surface area contributed by atoms with Crippen LogP contribution >= 0.6 is 11.6 Å². The number of hydrogen-bond acceptors (Lipinski definition) is 5. The number of halogens is 1. The summed E-state index contributed by atoms with van der Waals surface area (Å²) in [7, 11) is 0. The van der Waals surface area contributed by atoms with E-state index >= 15 is 0 Å². The Labute approximate surface area is 104 Å². The molecule has 0 atom stereocenters. The first-order chi connectivity index (χ1) is 8.09. The molecule has 2 rings (SSSR count). The monoisotopic (exact) mass is 255 g/mol. The van der Waals surface area contributed by atoms with Crippen molar-refractivity contribution >= 4 is 29.0 Å². The van der Waals surface area contributed by atoms with Crippen molar-refractivity contribution in [2.45, 2.75) is 12.8 Å². The second-order valence-corrected chi connectivity index (χ2v) is 4.42. The first kappa shape index (κ1) is 11.9. The van der Waals surface area contributed by atoms with E-state index in [1.165, 1.54) is 6.33 Å². The largest absolute Gasteiger partial charge is 0.393 e. The molecule has 1 amide bonds. The van der Waals surface area contributed by atoms with Gasteiger partial charge in [-0.15, -0.1) is 0 Å². The first-order valence-electron chi connectivity index (χ1n) is 5.40. The van der Waals surface area contributed by atoms with Crippen molar-refractivity contribution in [2.75, 3.05) is 23.7 Å². The van der Waals surface area contributed by atoms with Gasteiger partial charge < -0.3 is 16.4 Å². The van der Waals surface area contributed by atoms with E-state index < -0.39 is 0 Å². The molecule has 0 radical (unpaired) electrons. The average Bonchev–Trinajstić information content (AvgIpc) is 2.33. The van der Waals surface area contributed by atoms with Crippen LogP contribution in [-0.4, -0.2) is 29.0 Å². The van der Waals surface area contributed by atoms with Crippen LogP contribution in [-0.2, 0) is 4.79 Å². The Morgan fingerprint density at radius 2 is 2.06 bits per heavy atom. The van der Waals surface area contributed by atoms with E-state index in [9.17, 15) is 4.79 Å². The molecule has 1 aliphatic rings. The zero-order valence-electron chi connectivity index (χ0n) is 9.27. The van der Waals surface area contributed by atoms with Crippen molar-refractivity contribution in [1.82, 2.24) is 9.97 Å². The molecule has 0 saturated carbocycles. The zero-order valence-corrected chi connectivity index (χ0v) is 10.0. The van der Waals surface area contributed by atoms with Gasteiger partial charge in [0.15, 0.2) is 11.0 Å². The lowest BCUT2D eigenvalue weighted by Crippen LogP contribution is -2.39. The highest BCUT2D eigenvalue weighted by Gasteiger charge is 2.25. The molecule has 0 spiro atoms. The Kier molecular flexibility index (Phi) is 3.33. The number of carbonyl (C=O) groups excluding carboxylic acids is 1. The molecule has 1 aromatic rings. The lowest BCUT2D eigenvalue weighted by molar-refractivity contribution is -0.122. The predicted octanol–water partition coefficient (Wildman–Crippen LogP) is 0.414. The van der Waals surface area contributed by atoms with Crippen LogP contribution in [0, 0.1) is 5.92 Å². The Balaban J connectivity index is 2.10. The van der Waals surface area contributed by atoms with Crippen molar-refractivity contribution < 1.29 is 4.79 Å². The van der Waals surface area contributed by atoms with Crippen LogP contribution in [0.1, 0.15) is 12.8 Å². The van der Waals surface area contributed by atoms with Gasteiger partial charge >= 0.3 is 0 Å². The molecule has 0 aliphatic carbocycles. The summed E-state index contributed by atoms with van der Waals surface area (Å²) < 4.78 is 0. The van der Waals surface area contributed by atoms with Crippen LogP contribution in [0.3, 0.4) is 0 Å². The van der Waals surface area contributed by atoms with Crippen molar-refractivity contribution in [3.63, 3.8) is 0 Å². The Morgan fingerprint density at radius 3 is 2.65 bits per heavy atom. The lowest BCUT2D eigenvalue weighted by Gasteiger charge is -2.31. The van der Waals surface area contributed by atoms with Crippen molar-refractivity contribution in [3.8, 4) is 0 Å². The van der Waals surface area contributed by atoms with Gasteiger partial charge in [-0.25, -0.2) is 9.97 Å². The summed E-state index contributed by atoms with van der Waals surface area (Å²) >= 11 is 5.84. The molecule has 1 fully saturated rings. The fraction of sp³-hybridized carbons (Fsp3) is 0.500. The minimum absolute atomic E-state index is 0.0511. The van der Waals surface area contributed by atoms with Gasteiger partial charge in [0.1, 0.15) is 12.0 Å². The maximum absolute atomic E-state index is 11.1. The van der Waals surface area contributed by atoms with E-state index in [1.54, 1.807) is 0 Å². The number of hydrogen-bond donors (Lipinski definition) is 2. The van der Waals surface area contributed by atoms with E-state index in [1.807, 2.05) is 4.90 Å². The highest BCUT2D eigenvalue weighted by Crippen LogP contribution is 2.29. The van der Waals surface area contributed by atoms with Gasteiger partial charge in [-0.1, -0.05) is 11.6 Å². The van der Waals surface area contributed by atoms with E-state index in [-0.39, 0.29) is 17.0 Å². The number of piperidine rings is 1. The van der Waals surface area contributed by atoms with Gasteiger partial charge in [-0.05, 0) is 12.8 Å². The van der Waals surface area contributed by atoms with E-state index in [2.05, 4.69) is 9.97 Å². The smallest absolute Gasteiger partial charge is 0.220 e. The lowest BCUT2D eigenvalue weighted by atomic mass is 9.96. The topological polar surface area (TPSA) is 98.1 Å². The summed E-state index contributed by atoms with van der Waals surface area (Å²) in [5.41, 5.74) is 11.5. The highest BCUT2D eigenvalue weighted by atomic mass is 35.5. The Hall–Kier alpha value is -1.56. The summed E-state index contributed by atoms with van der Waals surface area (Å²) in [6, 6.07) is 0. The van der Waals surface area contributed by atoms with Crippen LogP contribution in [0.25, 0.3) is 0 Å². The molecule has 92 valence electrons. The number of nitrogens with zero attached hydrogens (tertiary/aromatic N) is 3. The van der Waals surface area contributed by atoms with Crippen LogP contribution in [0.5, 0.6) is 0 Å². The van der Waals surface area contributed by atoms with Crippen molar-refractivity contribution in [1.29, 1.82) is 0 Å². The first-order valence-corrected chi connectivity index (χ1v) is 5.77. The normalized spacial score (nSPS) is 17.1. The number of amides is 1. The number of aromatic nitrogens is 2. The predicted molar refractivity (Wildman–Crippen MR) is 65.6 cm³/mol. The fourth-order valence-electron chi connectivity index (χ4n) is 1.99. The summed E-state index contributed by atoms with van der Waals surface area (Å²) in [6.45, 7) is 1.40. The maximum Gasteiger partial charge on any atom is 0.220 e. The van der Waals surface area contributed by atoms with Gasteiger partial charge in [0, 0.05) is 19.0 Å². The SMILES string of the molecule is NC(=O)C1CCN(c2ncnc(Cl)c2N)CC1. The fourth-order valence-corrected chi connectivity index (χ4v) is 2.12. The molecule has 0 unspecified atom stereocenters. The van der Waals surface area contributed by atoms with E-state index in [0.717, 1.165) is 12.8 Å². The van der Waals surface area contributed by atoms with Crippen LogP contribution in [0.4, 0.5) is 11.5 Å². The molecule has 2 heterocycles. The molecule has 1 saturated heterocycles. The van der Waals surface area contributed by atoms with Gasteiger partial charge in [0.25, 0.3) is 0 Å². The van der Waals surface area contributed by atoms with Crippen LogP contribution in [0.2, 0.25) is 5.15 Å². The summed E-state index contributed by atoms with van der Waals surface area (Å²) in [6.07, 6.45) is 2.82. The Morgan fingerprint density at radius 1 is 1.41 bits per heavy atom. The number of anilines is 2. The maximum atomic E-state index is 11.1. The van der Waals surface area contributed by atoms with Gasteiger partial charge in [0.05, 0.1) is 0 Å². The zero-order chi connectivity index (χ0) is 12.4. The third-order valence-corrected chi connectivity index (χ3v) is 3.31. The molecule has 6 nitrogen and oxygen atoms in total. The van der Waals surface area contributed by atoms with Gasteiger partial charge in [0.2, 0.25) is 5.91 Å². The second-order valence-electron chi connectivity index (χ2n) is 4.07. The molecule has 1 aliphatic heterocycles. The number of carbonyl (C=O) groups is 1. The summed E-state index contributed by atoms with van der Waals surface area (Å²) in [5, 5.41) is 0.257. The minimum Gasteiger partial charge on any atom is -0.393 e. The molecule has 4 N–H and O–H groups in total. The van der Waals surface area contributed by atoms with Crippen LogP contribution < -0.4 is 16.4 Å². The minimum atomic E-state index is -0.238. The average molecular weight is 256 g/mol. The molecule has 7 heteroatoms. The quantitative estimate of drug-likeness (QED) is 0.746. The van der Waals surface area contributed by atoms with Crippen molar-refractivity contribution in [2.24, 2.45) is 11.7 Å². The molecule has 0 aromatic carbocycles.